The molecule has 1 fully saturated rings. The van der Waals surface area contributed by atoms with Crippen LogP contribution in [0.1, 0.15) is 34.1 Å². The predicted molar refractivity (Wildman–Crippen MR) is 67.6 cm³/mol. The molecule has 0 radical (unpaired) electrons. The molecule has 1 heterocycles. The van der Waals surface area contributed by atoms with E-state index in [-0.39, 0.29) is 5.92 Å². The lowest BCUT2D eigenvalue weighted by atomic mass is 10.1. The van der Waals surface area contributed by atoms with E-state index < -0.39 is 0 Å². The van der Waals surface area contributed by atoms with E-state index in [9.17, 15) is 4.79 Å². The molecule has 1 aliphatic rings. The summed E-state index contributed by atoms with van der Waals surface area (Å²) in [6.07, 6.45) is 1.22. The molecule has 0 aromatic carbocycles. The van der Waals surface area contributed by atoms with Crippen LogP contribution in [-0.2, 0) is 4.79 Å². The van der Waals surface area contributed by atoms with Crippen molar-refractivity contribution in [3.05, 3.63) is 0 Å². The maximum Gasteiger partial charge on any atom is 0.149 e. The quantitative estimate of drug-likeness (QED) is 0.688. The third-order valence-electron chi connectivity index (χ3n) is 3.60. The van der Waals surface area contributed by atoms with Gasteiger partial charge in [-0.1, -0.05) is 27.7 Å². The molecule has 0 saturated carbocycles. The highest BCUT2D eigenvalue weighted by molar-refractivity contribution is 5.82. The van der Waals surface area contributed by atoms with Crippen molar-refractivity contribution < 1.29 is 4.79 Å². The summed E-state index contributed by atoms with van der Waals surface area (Å²) in [5.74, 6) is 0.549. The first-order valence-corrected chi connectivity index (χ1v) is 6.57. The van der Waals surface area contributed by atoms with Gasteiger partial charge in [0.1, 0.15) is 5.78 Å². The first-order chi connectivity index (χ1) is 7.58. The Bertz CT molecular complexity index is 224. The first kappa shape index (κ1) is 13.7. The van der Waals surface area contributed by atoms with Crippen LogP contribution in [0.15, 0.2) is 0 Å². The molecule has 0 aromatic heterocycles. The lowest BCUT2D eigenvalue weighted by Gasteiger charge is -2.26. The molecule has 1 aliphatic heterocycles. The molecule has 0 bridgehead atoms. The zero-order chi connectivity index (χ0) is 12.1. The Morgan fingerprint density at radius 3 is 2.50 bits per heavy atom. The molecule has 94 valence electrons. The molecule has 0 aromatic rings. The van der Waals surface area contributed by atoms with Crippen molar-refractivity contribution in [2.75, 3.05) is 32.7 Å². The van der Waals surface area contributed by atoms with Crippen molar-refractivity contribution in [1.29, 1.82) is 0 Å². The van der Waals surface area contributed by atoms with Crippen molar-refractivity contribution in [2.45, 2.75) is 40.2 Å². The van der Waals surface area contributed by atoms with Crippen molar-refractivity contribution >= 4 is 5.78 Å². The van der Waals surface area contributed by atoms with Crippen LogP contribution in [0.5, 0.6) is 0 Å². The zero-order valence-corrected chi connectivity index (χ0v) is 11.2. The Hall–Kier alpha value is -0.410. The summed E-state index contributed by atoms with van der Waals surface area (Å²) >= 11 is 0. The number of likely N-dealkylation sites (tertiary alicyclic amines) is 1. The van der Waals surface area contributed by atoms with Crippen LogP contribution in [0.3, 0.4) is 0 Å². The molecular formula is C13H26N2O. The van der Waals surface area contributed by atoms with Gasteiger partial charge in [-0.15, -0.1) is 0 Å². The molecule has 1 unspecified atom stereocenters. The Kier molecular flexibility index (Phi) is 5.42. The number of likely N-dealkylation sites (N-methyl/N-ethyl adjacent to an activating group) is 1. The Morgan fingerprint density at radius 2 is 2.00 bits per heavy atom. The van der Waals surface area contributed by atoms with Gasteiger partial charge in [-0.05, 0) is 19.5 Å². The van der Waals surface area contributed by atoms with E-state index in [1.54, 1.807) is 0 Å². The Labute approximate surface area is 99.8 Å². The number of Topliss-reactive ketones (excluding diaryl/α,β-unsaturated/α-hetero) is 1. The second-order valence-electron chi connectivity index (χ2n) is 5.02. The summed E-state index contributed by atoms with van der Waals surface area (Å²) in [6, 6.07) is 0.662. The average molecular weight is 226 g/mol. The van der Waals surface area contributed by atoms with Gasteiger partial charge in [0, 0.05) is 25.0 Å². The molecule has 0 amide bonds. The average Bonchev–Trinajstić information content (AvgIpc) is 2.68. The number of nitrogens with zero attached hydrogens (tertiary/aromatic N) is 2. The number of ketones is 1. The molecule has 1 atom stereocenters. The summed E-state index contributed by atoms with van der Waals surface area (Å²) in [4.78, 5) is 16.5. The van der Waals surface area contributed by atoms with Gasteiger partial charge in [-0.2, -0.15) is 0 Å². The fraction of sp³-hybridized carbons (Fsp3) is 0.923. The van der Waals surface area contributed by atoms with E-state index in [0.29, 0.717) is 18.4 Å². The smallest absolute Gasteiger partial charge is 0.149 e. The largest absolute Gasteiger partial charge is 0.300 e. The third-order valence-corrected chi connectivity index (χ3v) is 3.60. The highest BCUT2D eigenvalue weighted by atomic mass is 16.1. The molecule has 3 heteroatoms. The fourth-order valence-corrected chi connectivity index (χ4v) is 2.40. The summed E-state index contributed by atoms with van der Waals surface area (Å²) in [7, 11) is 0. The lowest BCUT2D eigenvalue weighted by molar-refractivity contribution is -0.122. The number of hydrogen-bond acceptors (Lipinski definition) is 3. The van der Waals surface area contributed by atoms with Gasteiger partial charge in [0.05, 0.1) is 6.54 Å². The van der Waals surface area contributed by atoms with Gasteiger partial charge in [0.25, 0.3) is 0 Å². The van der Waals surface area contributed by atoms with Gasteiger partial charge in [-0.3, -0.25) is 14.6 Å². The van der Waals surface area contributed by atoms with Gasteiger partial charge in [0.15, 0.2) is 0 Å². The highest BCUT2D eigenvalue weighted by Crippen LogP contribution is 2.15. The number of rotatable bonds is 6. The maximum absolute atomic E-state index is 11.7. The second kappa shape index (κ2) is 6.36. The minimum Gasteiger partial charge on any atom is -0.300 e. The van der Waals surface area contributed by atoms with Crippen LogP contribution in [0.4, 0.5) is 0 Å². The monoisotopic (exact) mass is 226 g/mol. The topological polar surface area (TPSA) is 23.6 Å². The van der Waals surface area contributed by atoms with Crippen LogP contribution in [0, 0.1) is 5.92 Å². The molecule has 16 heavy (non-hydrogen) atoms. The van der Waals surface area contributed by atoms with Crippen LogP contribution >= 0.6 is 0 Å². The lowest BCUT2D eigenvalue weighted by Crippen LogP contribution is -2.38. The SMILES string of the molecule is CCN(CC)C1CCN(CC(=O)C(C)C)C1. The Balaban J connectivity index is 2.37. The summed E-state index contributed by atoms with van der Waals surface area (Å²) in [6.45, 7) is 13.4. The minimum absolute atomic E-state index is 0.174. The maximum atomic E-state index is 11.7. The standard InChI is InChI=1S/C13H26N2O/c1-5-15(6-2)12-7-8-14(9-12)10-13(16)11(3)4/h11-12H,5-10H2,1-4H3. The highest BCUT2D eigenvalue weighted by Gasteiger charge is 2.27. The molecule has 3 nitrogen and oxygen atoms in total. The summed E-state index contributed by atoms with van der Waals surface area (Å²) in [5, 5.41) is 0. The summed E-state index contributed by atoms with van der Waals surface area (Å²) < 4.78 is 0. The van der Waals surface area contributed by atoms with Gasteiger partial charge >= 0.3 is 0 Å². The van der Waals surface area contributed by atoms with Gasteiger partial charge in [0.2, 0.25) is 0 Å². The van der Waals surface area contributed by atoms with Crippen LogP contribution in [0.2, 0.25) is 0 Å². The van der Waals surface area contributed by atoms with Gasteiger partial charge < -0.3 is 0 Å². The van der Waals surface area contributed by atoms with Crippen molar-refractivity contribution in [1.82, 2.24) is 9.80 Å². The van der Waals surface area contributed by atoms with E-state index in [2.05, 4.69) is 23.6 Å². The summed E-state index contributed by atoms with van der Waals surface area (Å²) in [5.41, 5.74) is 0. The van der Waals surface area contributed by atoms with E-state index in [4.69, 9.17) is 0 Å². The first-order valence-electron chi connectivity index (χ1n) is 6.57. The van der Waals surface area contributed by atoms with Crippen molar-refractivity contribution in [3.8, 4) is 0 Å². The predicted octanol–water partition coefficient (Wildman–Crippen LogP) is 1.63. The molecule has 1 saturated heterocycles. The number of carbonyl (C=O) groups excluding carboxylic acids is 1. The normalized spacial score (nSPS) is 22.2. The Morgan fingerprint density at radius 1 is 1.38 bits per heavy atom. The molecule has 1 rings (SSSR count). The molecule has 0 aliphatic carbocycles. The second-order valence-corrected chi connectivity index (χ2v) is 5.02. The van der Waals surface area contributed by atoms with Crippen molar-refractivity contribution in [3.63, 3.8) is 0 Å². The zero-order valence-electron chi connectivity index (χ0n) is 11.2. The molecule has 0 spiro atoms. The fourth-order valence-electron chi connectivity index (χ4n) is 2.40. The van der Waals surface area contributed by atoms with E-state index >= 15 is 0 Å². The molecule has 0 N–H and O–H groups in total. The minimum atomic E-state index is 0.174. The van der Waals surface area contributed by atoms with Crippen LogP contribution < -0.4 is 0 Å². The van der Waals surface area contributed by atoms with Crippen molar-refractivity contribution in [2.24, 2.45) is 5.92 Å². The van der Waals surface area contributed by atoms with E-state index in [1.165, 1.54) is 6.42 Å². The van der Waals surface area contributed by atoms with Gasteiger partial charge in [-0.25, -0.2) is 0 Å². The molecular weight excluding hydrogens is 200 g/mol. The number of carbonyl (C=O) groups is 1. The van der Waals surface area contributed by atoms with E-state index in [0.717, 1.165) is 26.2 Å². The third kappa shape index (κ3) is 3.56. The van der Waals surface area contributed by atoms with Crippen LogP contribution in [0.25, 0.3) is 0 Å². The number of hydrogen-bond donors (Lipinski definition) is 0. The van der Waals surface area contributed by atoms with Crippen LogP contribution in [-0.4, -0.2) is 54.3 Å². The van der Waals surface area contributed by atoms with E-state index in [1.807, 2.05) is 13.8 Å².